The third kappa shape index (κ3) is 2.38. The Morgan fingerprint density at radius 2 is 2.29 bits per heavy atom. The average Bonchev–Trinajstić information content (AvgIpc) is 2.67. The van der Waals surface area contributed by atoms with Crippen molar-refractivity contribution in [1.82, 2.24) is 4.98 Å². The van der Waals surface area contributed by atoms with Crippen LogP contribution in [0.3, 0.4) is 0 Å². The lowest BCUT2D eigenvalue weighted by Gasteiger charge is -2.17. The van der Waals surface area contributed by atoms with Crippen molar-refractivity contribution in [2.75, 3.05) is 25.6 Å². The molecule has 0 bridgehead atoms. The van der Waals surface area contributed by atoms with E-state index in [0.717, 1.165) is 16.8 Å². The minimum atomic E-state index is -0.277. The molecule has 0 atom stereocenters. The highest BCUT2D eigenvalue weighted by Gasteiger charge is 2.09. The number of benzene rings is 1. The first kappa shape index (κ1) is 11.4. The van der Waals surface area contributed by atoms with Crippen LogP contribution in [0, 0.1) is 6.92 Å². The van der Waals surface area contributed by atoms with Crippen LogP contribution in [0.2, 0.25) is 0 Å². The second-order valence-electron chi connectivity index (χ2n) is 3.82. The largest absolute Gasteiger partial charge is 0.468 e. The van der Waals surface area contributed by atoms with Gasteiger partial charge in [0.25, 0.3) is 0 Å². The number of oxazole rings is 1. The van der Waals surface area contributed by atoms with Crippen molar-refractivity contribution in [3.8, 4) is 0 Å². The summed E-state index contributed by atoms with van der Waals surface area (Å²) in [6.45, 7) is 2.01. The number of rotatable bonds is 3. The maximum absolute atomic E-state index is 11.2. The molecular weight excluding hydrogens is 220 g/mol. The minimum Gasteiger partial charge on any atom is -0.468 e. The monoisotopic (exact) mass is 234 g/mol. The zero-order chi connectivity index (χ0) is 12.4. The van der Waals surface area contributed by atoms with Crippen molar-refractivity contribution in [2.24, 2.45) is 0 Å². The Morgan fingerprint density at radius 3 is 3.00 bits per heavy atom. The van der Waals surface area contributed by atoms with Gasteiger partial charge in [-0.1, -0.05) is 0 Å². The second kappa shape index (κ2) is 4.45. The number of methoxy groups -OCH3 is 1. The summed E-state index contributed by atoms with van der Waals surface area (Å²) in [4.78, 5) is 17.2. The summed E-state index contributed by atoms with van der Waals surface area (Å²) in [7, 11) is 3.19. The van der Waals surface area contributed by atoms with Crippen molar-refractivity contribution in [1.29, 1.82) is 0 Å². The number of hydrogen-bond donors (Lipinski definition) is 0. The van der Waals surface area contributed by atoms with Gasteiger partial charge in [-0.3, -0.25) is 4.79 Å². The average molecular weight is 234 g/mol. The van der Waals surface area contributed by atoms with Crippen molar-refractivity contribution in [3.05, 3.63) is 24.1 Å². The molecule has 5 heteroatoms. The molecule has 0 saturated carbocycles. The van der Waals surface area contributed by atoms with Gasteiger partial charge in [-0.2, -0.15) is 0 Å². The number of fused-ring (bicyclic) bond motifs is 1. The molecule has 0 amide bonds. The van der Waals surface area contributed by atoms with Crippen LogP contribution in [-0.2, 0) is 9.53 Å². The molecule has 0 unspecified atom stereocenters. The van der Waals surface area contributed by atoms with Crippen LogP contribution in [0.25, 0.3) is 11.1 Å². The first-order chi connectivity index (χ1) is 8.10. The lowest BCUT2D eigenvalue weighted by atomic mass is 10.2. The number of carbonyl (C=O) groups is 1. The van der Waals surface area contributed by atoms with E-state index in [1.807, 2.05) is 25.2 Å². The number of aryl methyl sites for hydroxylation is 1. The molecule has 2 aromatic rings. The highest BCUT2D eigenvalue weighted by molar-refractivity contribution is 5.80. The van der Waals surface area contributed by atoms with E-state index in [-0.39, 0.29) is 12.5 Å². The molecule has 5 nitrogen and oxygen atoms in total. The van der Waals surface area contributed by atoms with Crippen LogP contribution in [0.4, 0.5) is 5.69 Å². The molecule has 1 heterocycles. The lowest BCUT2D eigenvalue weighted by molar-refractivity contribution is -0.138. The maximum atomic E-state index is 11.2. The van der Waals surface area contributed by atoms with Gasteiger partial charge < -0.3 is 14.1 Å². The zero-order valence-corrected chi connectivity index (χ0v) is 10.1. The summed E-state index contributed by atoms with van der Waals surface area (Å²) in [5.74, 6) is 0.356. The smallest absolute Gasteiger partial charge is 0.325 e. The van der Waals surface area contributed by atoms with Crippen LogP contribution in [-0.4, -0.2) is 31.7 Å². The van der Waals surface area contributed by atoms with Crippen molar-refractivity contribution < 1.29 is 13.9 Å². The van der Waals surface area contributed by atoms with E-state index in [1.165, 1.54) is 7.11 Å². The molecule has 0 radical (unpaired) electrons. The van der Waals surface area contributed by atoms with Gasteiger partial charge in [-0.25, -0.2) is 4.98 Å². The molecule has 1 aromatic carbocycles. The molecular formula is C12H14N2O3. The summed E-state index contributed by atoms with van der Waals surface area (Å²) < 4.78 is 10.1. The van der Waals surface area contributed by atoms with Crippen LogP contribution in [0.1, 0.15) is 5.89 Å². The predicted octanol–water partition coefficient (Wildman–Crippen LogP) is 1.75. The number of likely N-dealkylation sites (N-methyl/N-ethyl adjacent to an activating group) is 1. The van der Waals surface area contributed by atoms with Crippen molar-refractivity contribution in [3.63, 3.8) is 0 Å². The Balaban J connectivity index is 2.26. The summed E-state index contributed by atoms with van der Waals surface area (Å²) in [6, 6.07) is 5.63. The van der Waals surface area contributed by atoms with E-state index < -0.39 is 0 Å². The van der Waals surface area contributed by atoms with Gasteiger partial charge in [0.1, 0.15) is 12.1 Å². The number of nitrogens with zero attached hydrogens (tertiary/aromatic N) is 2. The summed E-state index contributed by atoms with van der Waals surface area (Å²) in [6.07, 6.45) is 0. The molecule has 0 N–H and O–H groups in total. The Morgan fingerprint density at radius 1 is 1.53 bits per heavy atom. The lowest BCUT2D eigenvalue weighted by Crippen LogP contribution is -2.26. The Bertz CT molecular complexity index is 548. The first-order valence-electron chi connectivity index (χ1n) is 5.25. The standard InChI is InChI=1S/C12H14N2O3/c1-8-13-10-5-4-9(6-11(10)17-8)14(2)7-12(15)16-3/h4-6H,7H2,1-3H3. The SMILES string of the molecule is COC(=O)CN(C)c1ccc2nc(C)oc2c1. The van der Waals surface area contributed by atoms with Gasteiger partial charge in [0, 0.05) is 25.7 Å². The predicted molar refractivity (Wildman–Crippen MR) is 64.0 cm³/mol. The van der Waals surface area contributed by atoms with Gasteiger partial charge in [-0.15, -0.1) is 0 Å². The fourth-order valence-corrected chi connectivity index (χ4v) is 1.62. The van der Waals surface area contributed by atoms with Crippen LogP contribution in [0.15, 0.2) is 22.6 Å². The topological polar surface area (TPSA) is 55.6 Å². The molecule has 1 aromatic heterocycles. The van der Waals surface area contributed by atoms with E-state index in [2.05, 4.69) is 9.72 Å². The molecule has 0 fully saturated rings. The first-order valence-corrected chi connectivity index (χ1v) is 5.25. The van der Waals surface area contributed by atoms with Crippen molar-refractivity contribution in [2.45, 2.75) is 6.92 Å². The molecule has 0 spiro atoms. The number of esters is 1. The van der Waals surface area contributed by atoms with Gasteiger partial charge in [-0.05, 0) is 12.1 Å². The number of anilines is 1. The fraction of sp³-hybridized carbons (Fsp3) is 0.333. The van der Waals surface area contributed by atoms with Gasteiger partial charge in [0.2, 0.25) is 0 Å². The van der Waals surface area contributed by atoms with Crippen molar-refractivity contribution >= 4 is 22.8 Å². The number of hydrogen-bond acceptors (Lipinski definition) is 5. The second-order valence-corrected chi connectivity index (χ2v) is 3.82. The fourth-order valence-electron chi connectivity index (χ4n) is 1.62. The van der Waals surface area contributed by atoms with E-state index >= 15 is 0 Å². The highest BCUT2D eigenvalue weighted by Crippen LogP contribution is 2.21. The molecule has 2 rings (SSSR count). The minimum absolute atomic E-state index is 0.203. The summed E-state index contributed by atoms with van der Waals surface area (Å²) in [5.41, 5.74) is 2.42. The Kier molecular flexibility index (Phi) is 2.99. The van der Waals surface area contributed by atoms with Gasteiger partial charge in [0.15, 0.2) is 11.5 Å². The molecule has 17 heavy (non-hydrogen) atoms. The Labute approximate surface area is 99.0 Å². The maximum Gasteiger partial charge on any atom is 0.325 e. The number of carbonyl (C=O) groups excluding carboxylic acids is 1. The van der Waals surface area contributed by atoms with Gasteiger partial charge >= 0.3 is 5.97 Å². The number of ether oxygens (including phenoxy) is 1. The molecule has 0 saturated heterocycles. The van der Waals surface area contributed by atoms with Crippen LogP contribution in [0.5, 0.6) is 0 Å². The van der Waals surface area contributed by atoms with E-state index in [0.29, 0.717) is 5.89 Å². The van der Waals surface area contributed by atoms with E-state index in [9.17, 15) is 4.79 Å². The molecule has 90 valence electrons. The summed E-state index contributed by atoms with van der Waals surface area (Å²) in [5, 5.41) is 0. The highest BCUT2D eigenvalue weighted by atomic mass is 16.5. The van der Waals surface area contributed by atoms with E-state index in [1.54, 1.807) is 11.8 Å². The number of aromatic nitrogens is 1. The van der Waals surface area contributed by atoms with E-state index in [4.69, 9.17) is 4.42 Å². The molecule has 0 aliphatic rings. The molecule has 0 aliphatic carbocycles. The van der Waals surface area contributed by atoms with Crippen LogP contribution < -0.4 is 4.90 Å². The summed E-state index contributed by atoms with van der Waals surface area (Å²) >= 11 is 0. The van der Waals surface area contributed by atoms with Crippen LogP contribution >= 0.6 is 0 Å². The third-order valence-electron chi connectivity index (χ3n) is 2.51. The van der Waals surface area contributed by atoms with Gasteiger partial charge in [0.05, 0.1) is 7.11 Å². The molecule has 0 aliphatic heterocycles. The zero-order valence-electron chi connectivity index (χ0n) is 10.1. The quantitative estimate of drug-likeness (QED) is 0.757. The third-order valence-corrected chi connectivity index (χ3v) is 2.51. The normalized spacial score (nSPS) is 10.5. The Hall–Kier alpha value is -2.04.